The molecule has 0 radical (unpaired) electrons. The maximum absolute atomic E-state index is 9.45. The molecule has 2 aromatic heterocycles. The van der Waals surface area contributed by atoms with Crippen LogP contribution in [0.3, 0.4) is 0 Å². The predicted molar refractivity (Wildman–Crippen MR) is 203 cm³/mol. The molecule has 8 aromatic rings. The van der Waals surface area contributed by atoms with Crippen molar-refractivity contribution in [3.8, 4) is 73.4 Å². The van der Waals surface area contributed by atoms with Crippen molar-refractivity contribution in [1.29, 1.82) is 5.26 Å². The quantitative estimate of drug-likeness (QED) is 0.191. The van der Waals surface area contributed by atoms with Crippen LogP contribution in [0, 0.1) is 11.3 Å². The van der Waals surface area contributed by atoms with Gasteiger partial charge in [-0.05, 0) is 92.0 Å². The van der Waals surface area contributed by atoms with E-state index in [1.165, 1.54) is 55.6 Å². The molecule has 4 nitrogen and oxygen atoms in total. The zero-order valence-electron chi connectivity index (χ0n) is 27.5. The van der Waals surface area contributed by atoms with Gasteiger partial charge in [0, 0.05) is 29.1 Å². The molecule has 2 aliphatic rings. The van der Waals surface area contributed by atoms with Crippen molar-refractivity contribution in [1.82, 2.24) is 15.0 Å². The molecule has 4 heteroatoms. The summed E-state index contributed by atoms with van der Waals surface area (Å²) < 4.78 is 0. The normalized spacial score (nSPS) is 12.8. The number of benzene rings is 6. The maximum atomic E-state index is 9.45. The average Bonchev–Trinajstić information content (AvgIpc) is 3.46. The highest BCUT2D eigenvalue weighted by molar-refractivity contribution is 5.97. The highest BCUT2D eigenvalue weighted by Crippen LogP contribution is 2.61. The first-order valence-corrected chi connectivity index (χ1v) is 17.1. The van der Waals surface area contributed by atoms with E-state index in [0.29, 0.717) is 11.4 Å². The minimum Gasteiger partial charge on any atom is -0.265 e. The van der Waals surface area contributed by atoms with Crippen LogP contribution < -0.4 is 0 Å². The van der Waals surface area contributed by atoms with E-state index in [4.69, 9.17) is 9.97 Å². The summed E-state index contributed by atoms with van der Waals surface area (Å²) in [7, 11) is 0. The van der Waals surface area contributed by atoms with Gasteiger partial charge in [0.05, 0.1) is 28.4 Å². The maximum Gasteiger partial charge on any atom is 0.160 e. The summed E-state index contributed by atoms with van der Waals surface area (Å²) in [6.07, 6.45) is 3.53. The van der Waals surface area contributed by atoms with Crippen molar-refractivity contribution < 1.29 is 0 Å². The monoisotopic (exact) mass is 648 g/mol. The second-order valence-corrected chi connectivity index (χ2v) is 13.1. The van der Waals surface area contributed by atoms with Crippen LogP contribution in [-0.4, -0.2) is 15.0 Å². The largest absolute Gasteiger partial charge is 0.265 e. The lowest BCUT2D eigenvalue weighted by atomic mass is 9.65. The van der Waals surface area contributed by atoms with Crippen LogP contribution in [0.25, 0.3) is 67.3 Å². The minimum absolute atomic E-state index is 0.578. The molecule has 0 saturated carbocycles. The molecule has 1 spiro atoms. The highest BCUT2D eigenvalue weighted by atomic mass is 14.9. The predicted octanol–water partition coefficient (Wildman–Crippen LogP) is 10.8. The molecule has 0 atom stereocenters. The van der Waals surface area contributed by atoms with Gasteiger partial charge in [-0.2, -0.15) is 5.26 Å². The molecule has 0 amide bonds. The summed E-state index contributed by atoms with van der Waals surface area (Å²) in [6, 6.07) is 58.1. The molecule has 0 bridgehead atoms. The molecular formula is C47H28N4. The zero-order valence-corrected chi connectivity index (χ0v) is 27.5. The number of nitriles is 1. The Morgan fingerprint density at radius 1 is 0.412 bits per heavy atom. The Balaban J connectivity index is 1.30. The lowest BCUT2D eigenvalue weighted by Gasteiger charge is -2.35. The Kier molecular flexibility index (Phi) is 6.43. The number of aromatic nitrogens is 3. The third-order valence-corrected chi connectivity index (χ3v) is 10.5. The molecule has 10 rings (SSSR count). The Labute approximate surface area is 296 Å². The Bertz CT molecular complexity index is 2660. The van der Waals surface area contributed by atoms with E-state index in [-0.39, 0.29) is 0 Å². The van der Waals surface area contributed by atoms with Gasteiger partial charge >= 0.3 is 0 Å². The summed E-state index contributed by atoms with van der Waals surface area (Å²) in [5, 5.41) is 9.45. The van der Waals surface area contributed by atoms with Crippen LogP contribution in [0.15, 0.2) is 170 Å². The number of pyridine rings is 1. The topological polar surface area (TPSA) is 62.5 Å². The molecule has 51 heavy (non-hydrogen) atoms. The van der Waals surface area contributed by atoms with Crippen molar-refractivity contribution in [3.63, 3.8) is 0 Å². The third kappa shape index (κ3) is 4.29. The van der Waals surface area contributed by atoms with Crippen LogP contribution in [-0.2, 0) is 5.41 Å². The summed E-state index contributed by atoms with van der Waals surface area (Å²) in [6.45, 7) is 0. The summed E-state index contributed by atoms with van der Waals surface area (Å²) in [5.74, 6) is 0.617. The molecule has 2 aliphatic carbocycles. The molecule has 0 saturated heterocycles. The first-order valence-electron chi connectivity index (χ1n) is 17.1. The van der Waals surface area contributed by atoms with Gasteiger partial charge in [-0.3, -0.25) is 4.98 Å². The van der Waals surface area contributed by atoms with Gasteiger partial charge in [-0.25, -0.2) is 9.97 Å². The average molecular weight is 649 g/mol. The second kappa shape index (κ2) is 11.3. The summed E-state index contributed by atoms with van der Waals surface area (Å²) in [5.41, 5.74) is 16.9. The van der Waals surface area contributed by atoms with Gasteiger partial charge in [-0.15, -0.1) is 0 Å². The van der Waals surface area contributed by atoms with Gasteiger partial charge in [0.25, 0.3) is 0 Å². The van der Waals surface area contributed by atoms with E-state index in [2.05, 4.69) is 132 Å². The molecule has 236 valence electrons. The van der Waals surface area contributed by atoms with E-state index in [1.54, 1.807) is 12.4 Å². The number of hydrogen-bond donors (Lipinski definition) is 0. The minimum atomic E-state index is -0.578. The van der Waals surface area contributed by atoms with Crippen LogP contribution in [0.5, 0.6) is 0 Å². The van der Waals surface area contributed by atoms with E-state index >= 15 is 0 Å². The van der Waals surface area contributed by atoms with Gasteiger partial charge in [0.15, 0.2) is 5.82 Å². The fraction of sp³-hybridized carbons (Fsp3) is 0.0213. The molecular weight excluding hydrogens is 621 g/mol. The highest BCUT2D eigenvalue weighted by Gasteiger charge is 2.49. The van der Waals surface area contributed by atoms with Crippen molar-refractivity contribution >= 4 is 0 Å². The van der Waals surface area contributed by atoms with E-state index in [1.807, 2.05) is 36.4 Å². The zero-order chi connectivity index (χ0) is 33.9. The lowest BCUT2D eigenvalue weighted by Crippen LogP contribution is -2.29. The van der Waals surface area contributed by atoms with Gasteiger partial charge in [0.1, 0.15) is 0 Å². The van der Waals surface area contributed by atoms with Crippen molar-refractivity contribution in [3.05, 3.63) is 198 Å². The van der Waals surface area contributed by atoms with E-state index in [9.17, 15) is 5.26 Å². The van der Waals surface area contributed by atoms with Gasteiger partial charge < -0.3 is 0 Å². The van der Waals surface area contributed by atoms with Crippen molar-refractivity contribution in [2.45, 2.75) is 5.41 Å². The number of nitrogens with zero attached hydrogens (tertiary/aromatic N) is 4. The van der Waals surface area contributed by atoms with E-state index in [0.717, 1.165) is 28.1 Å². The fourth-order valence-electron chi connectivity index (χ4n) is 8.30. The van der Waals surface area contributed by atoms with Crippen LogP contribution in [0.4, 0.5) is 0 Å². The Morgan fingerprint density at radius 3 is 1.45 bits per heavy atom. The molecule has 0 fully saturated rings. The summed E-state index contributed by atoms with van der Waals surface area (Å²) in [4.78, 5) is 14.5. The van der Waals surface area contributed by atoms with Gasteiger partial charge in [-0.1, -0.05) is 121 Å². The number of rotatable bonds is 3. The number of hydrogen-bond acceptors (Lipinski definition) is 4. The van der Waals surface area contributed by atoms with Crippen LogP contribution in [0.1, 0.15) is 27.8 Å². The van der Waals surface area contributed by atoms with Crippen molar-refractivity contribution in [2.24, 2.45) is 0 Å². The van der Waals surface area contributed by atoms with Crippen LogP contribution >= 0.6 is 0 Å². The molecule has 6 aromatic carbocycles. The molecule has 0 aliphatic heterocycles. The Hall–Kier alpha value is -6.96. The van der Waals surface area contributed by atoms with Crippen LogP contribution in [0.2, 0.25) is 0 Å². The Morgan fingerprint density at radius 2 is 0.882 bits per heavy atom. The SMILES string of the molecule is N#Cc1ccc(-c2cc(-c3ccc4c(c3)C3(c5ccccc5-c5ccccc5-4)c4ccccc4-c4ccccc43)nc(-c3ccncc3)n2)cc1. The standard InChI is InChI=1S/C47H28N4/c48-29-30-17-19-31(20-18-30)44-28-45(51-46(50-44)32-23-25-49-26-24-32)33-21-22-39-35-10-2-1-9-34(35)36-11-3-6-14-40(36)47(43(39)27-33)41-15-7-4-12-37(41)38-13-5-8-16-42(38)47/h1-28H. The number of fused-ring (bicyclic) bond motifs is 12. The van der Waals surface area contributed by atoms with Crippen molar-refractivity contribution in [2.75, 3.05) is 0 Å². The molecule has 0 N–H and O–H groups in total. The third-order valence-electron chi connectivity index (χ3n) is 10.5. The molecule has 0 unspecified atom stereocenters. The first-order chi connectivity index (χ1) is 25.2. The lowest BCUT2D eigenvalue weighted by molar-refractivity contribution is 0.775. The molecule has 2 heterocycles. The smallest absolute Gasteiger partial charge is 0.160 e. The summed E-state index contributed by atoms with van der Waals surface area (Å²) >= 11 is 0. The van der Waals surface area contributed by atoms with Gasteiger partial charge in [0.2, 0.25) is 0 Å². The first kappa shape index (κ1) is 29.0. The second-order valence-electron chi connectivity index (χ2n) is 13.1. The fourth-order valence-corrected chi connectivity index (χ4v) is 8.30. The van der Waals surface area contributed by atoms with E-state index < -0.39 is 5.41 Å².